The molecule has 1 saturated carbocycles. The summed E-state index contributed by atoms with van der Waals surface area (Å²) in [5.74, 6) is 0.698. The minimum absolute atomic E-state index is 0.586. The van der Waals surface area contributed by atoms with Gasteiger partial charge in [-0.3, -0.25) is 4.68 Å². The molecule has 0 amide bonds. The van der Waals surface area contributed by atoms with Crippen molar-refractivity contribution in [1.82, 2.24) is 9.78 Å². The van der Waals surface area contributed by atoms with Crippen LogP contribution in [-0.2, 0) is 7.05 Å². The average Bonchev–Trinajstić information content (AvgIpc) is 2.73. The van der Waals surface area contributed by atoms with Crippen LogP contribution >= 0.6 is 0 Å². The Morgan fingerprint density at radius 1 is 1.33 bits per heavy atom. The first-order valence-corrected chi connectivity index (χ1v) is 6.51. The first-order valence-electron chi connectivity index (χ1n) is 6.51. The second kappa shape index (κ2) is 4.58. The van der Waals surface area contributed by atoms with Crippen LogP contribution in [0.4, 0.5) is 0 Å². The number of aliphatic hydroxyl groups excluding tert-OH is 1. The molecule has 3 heteroatoms. The number of aliphatic hydroxyl groups is 1. The predicted octanol–water partition coefficient (Wildman–Crippen LogP) is 2.77. The molecule has 1 aliphatic carbocycles. The minimum Gasteiger partial charge on any atom is -0.382 e. The van der Waals surface area contributed by atoms with E-state index in [-0.39, 0.29) is 0 Å². The minimum atomic E-state index is -0.586. The second-order valence-electron chi connectivity index (χ2n) is 5.08. The fourth-order valence-corrected chi connectivity index (χ4v) is 2.55. The van der Waals surface area contributed by atoms with Crippen molar-refractivity contribution < 1.29 is 5.11 Å². The molecular formula is C15H18N2O. The zero-order valence-electron chi connectivity index (χ0n) is 10.6. The fourth-order valence-electron chi connectivity index (χ4n) is 2.55. The Morgan fingerprint density at radius 2 is 2.17 bits per heavy atom. The van der Waals surface area contributed by atoms with Crippen molar-refractivity contribution in [2.75, 3.05) is 0 Å². The SMILES string of the molecule is Cn1nccc1C(O)c1cccc(C2CCC2)c1. The number of aryl methyl sites for hydroxylation is 1. The molecule has 1 aromatic carbocycles. The number of benzene rings is 1. The lowest BCUT2D eigenvalue weighted by atomic mass is 9.79. The molecule has 1 unspecified atom stereocenters. The van der Waals surface area contributed by atoms with Crippen molar-refractivity contribution in [2.45, 2.75) is 31.3 Å². The van der Waals surface area contributed by atoms with Gasteiger partial charge >= 0.3 is 0 Å². The highest BCUT2D eigenvalue weighted by atomic mass is 16.3. The third kappa shape index (κ3) is 1.95. The molecule has 0 aliphatic heterocycles. The van der Waals surface area contributed by atoms with Crippen LogP contribution in [0, 0.1) is 0 Å². The van der Waals surface area contributed by atoms with Crippen LogP contribution in [0.5, 0.6) is 0 Å². The lowest BCUT2D eigenvalue weighted by Gasteiger charge is -2.26. The van der Waals surface area contributed by atoms with E-state index in [2.05, 4.69) is 17.2 Å². The maximum absolute atomic E-state index is 10.4. The van der Waals surface area contributed by atoms with Gasteiger partial charge in [-0.15, -0.1) is 0 Å². The number of hydrogen-bond donors (Lipinski definition) is 1. The molecule has 1 fully saturated rings. The van der Waals surface area contributed by atoms with Crippen molar-refractivity contribution in [3.05, 3.63) is 53.3 Å². The van der Waals surface area contributed by atoms with Gasteiger partial charge in [0.05, 0.1) is 5.69 Å². The Bertz CT molecular complexity index is 543. The van der Waals surface area contributed by atoms with Crippen molar-refractivity contribution in [3.8, 4) is 0 Å². The maximum Gasteiger partial charge on any atom is 0.121 e. The summed E-state index contributed by atoms with van der Waals surface area (Å²) in [5, 5.41) is 14.5. The van der Waals surface area contributed by atoms with Crippen LogP contribution in [0.25, 0.3) is 0 Å². The number of nitrogens with zero attached hydrogens (tertiary/aromatic N) is 2. The molecule has 94 valence electrons. The summed E-state index contributed by atoms with van der Waals surface area (Å²) in [5.41, 5.74) is 3.16. The van der Waals surface area contributed by atoms with E-state index >= 15 is 0 Å². The van der Waals surface area contributed by atoms with E-state index < -0.39 is 6.10 Å². The maximum atomic E-state index is 10.4. The topological polar surface area (TPSA) is 38.0 Å². The molecule has 0 spiro atoms. The monoisotopic (exact) mass is 242 g/mol. The van der Waals surface area contributed by atoms with Crippen molar-refractivity contribution in [1.29, 1.82) is 0 Å². The van der Waals surface area contributed by atoms with E-state index in [1.165, 1.54) is 24.8 Å². The molecule has 0 saturated heterocycles. The molecule has 3 nitrogen and oxygen atoms in total. The Balaban J connectivity index is 1.89. The highest BCUT2D eigenvalue weighted by Gasteiger charge is 2.21. The van der Waals surface area contributed by atoms with Gasteiger partial charge in [-0.1, -0.05) is 30.7 Å². The van der Waals surface area contributed by atoms with E-state index in [4.69, 9.17) is 0 Å². The molecule has 2 aromatic rings. The number of hydrogen-bond acceptors (Lipinski definition) is 2. The van der Waals surface area contributed by atoms with Crippen LogP contribution in [0.15, 0.2) is 36.5 Å². The highest BCUT2D eigenvalue weighted by molar-refractivity contribution is 5.32. The Morgan fingerprint density at radius 3 is 2.78 bits per heavy atom. The molecule has 0 bridgehead atoms. The molecule has 1 aromatic heterocycles. The Kier molecular flexibility index (Phi) is 2.92. The number of aromatic nitrogens is 2. The third-order valence-electron chi connectivity index (χ3n) is 3.94. The normalized spacial score (nSPS) is 17.4. The predicted molar refractivity (Wildman–Crippen MR) is 70.3 cm³/mol. The average molecular weight is 242 g/mol. The van der Waals surface area contributed by atoms with E-state index in [1.807, 2.05) is 25.2 Å². The first-order chi connectivity index (χ1) is 8.75. The van der Waals surface area contributed by atoms with Crippen molar-refractivity contribution in [2.24, 2.45) is 7.05 Å². The zero-order valence-corrected chi connectivity index (χ0v) is 10.6. The molecule has 1 aliphatic rings. The van der Waals surface area contributed by atoms with E-state index in [9.17, 15) is 5.11 Å². The van der Waals surface area contributed by atoms with Gasteiger partial charge in [0, 0.05) is 13.2 Å². The summed E-state index contributed by atoms with van der Waals surface area (Å²) >= 11 is 0. The molecule has 3 rings (SSSR count). The van der Waals surface area contributed by atoms with Crippen LogP contribution in [-0.4, -0.2) is 14.9 Å². The summed E-state index contributed by atoms with van der Waals surface area (Å²) in [7, 11) is 1.86. The largest absolute Gasteiger partial charge is 0.382 e. The highest BCUT2D eigenvalue weighted by Crippen LogP contribution is 2.37. The third-order valence-corrected chi connectivity index (χ3v) is 3.94. The molecule has 1 atom stereocenters. The van der Waals surface area contributed by atoms with E-state index in [0.29, 0.717) is 5.92 Å². The molecule has 0 radical (unpaired) electrons. The Labute approximate surface area is 107 Å². The lowest BCUT2D eigenvalue weighted by Crippen LogP contribution is -2.11. The van der Waals surface area contributed by atoms with Crippen molar-refractivity contribution in [3.63, 3.8) is 0 Å². The van der Waals surface area contributed by atoms with Gasteiger partial charge in [0.1, 0.15) is 6.10 Å². The van der Waals surface area contributed by atoms with Gasteiger partial charge in [-0.2, -0.15) is 5.10 Å². The summed E-state index contributed by atoms with van der Waals surface area (Å²) < 4.78 is 1.72. The van der Waals surface area contributed by atoms with E-state index in [0.717, 1.165) is 11.3 Å². The van der Waals surface area contributed by atoms with Gasteiger partial charge in [-0.25, -0.2) is 0 Å². The van der Waals surface area contributed by atoms with Gasteiger partial charge in [0.25, 0.3) is 0 Å². The zero-order chi connectivity index (χ0) is 12.5. The molecule has 1 heterocycles. The van der Waals surface area contributed by atoms with Gasteiger partial charge in [0.2, 0.25) is 0 Å². The van der Waals surface area contributed by atoms with Crippen LogP contribution in [0.1, 0.15) is 48.1 Å². The number of rotatable bonds is 3. The standard InChI is InChI=1S/C15H18N2O/c1-17-14(8-9-16-17)15(18)13-7-3-6-12(10-13)11-4-2-5-11/h3,6-11,15,18H,2,4-5H2,1H3. The van der Waals surface area contributed by atoms with Gasteiger partial charge < -0.3 is 5.11 Å². The molecule has 1 N–H and O–H groups in total. The van der Waals surface area contributed by atoms with Crippen molar-refractivity contribution >= 4 is 0 Å². The van der Waals surface area contributed by atoms with Crippen LogP contribution < -0.4 is 0 Å². The Hall–Kier alpha value is -1.61. The van der Waals surface area contributed by atoms with E-state index in [1.54, 1.807) is 10.9 Å². The second-order valence-corrected chi connectivity index (χ2v) is 5.08. The summed E-state index contributed by atoms with van der Waals surface area (Å²) in [4.78, 5) is 0. The van der Waals surface area contributed by atoms with Crippen LogP contribution in [0.3, 0.4) is 0 Å². The first kappa shape index (κ1) is 11.5. The summed E-state index contributed by atoms with van der Waals surface area (Å²) in [6.45, 7) is 0. The summed E-state index contributed by atoms with van der Waals surface area (Å²) in [6.07, 6.45) is 5.03. The smallest absolute Gasteiger partial charge is 0.121 e. The van der Waals surface area contributed by atoms with Gasteiger partial charge in [0.15, 0.2) is 0 Å². The summed E-state index contributed by atoms with van der Waals surface area (Å²) in [6, 6.07) is 10.2. The lowest BCUT2D eigenvalue weighted by molar-refractivity contribution is 0.209. The molecule has 18 heavy (non-hydrogen) atoms. The van der Waals surface area contributed by atoms with Gasteiger partial charge in [-0.05, 0) is 36.0 Å². The van der Waals surface area contributed by atoms with Crippen LogP contribution in [0.2, 0.25) is 0 Å². The quantitative estimate of drug-likeness (QED) is 0.898. The molecular weight excluding hydrogens is 224 g/mol. The fraction of sp³-hybridized carbons (Fsp3) is 0.400.